The Kier molecular flexibility index (Phi) is 3.02. The SMILES string of the molecule is COC(=O)c1ncn(-c2cc(C)nc3ccc(N)cc23)n1. The van der Waals surface area contributed by atoms with Crippen LogP contribution in [0.2, 0.25) is 0 Å². The second-order valence-electron chi connectivity index (χ2n) is 4.56. The van der Waals surface area contributed by atoms with Gasteiger partial charge in [-0.2, -0.15) is 0 Å². The summed E-state index contributed by atoms with van der Waals surface area (Å²) in [5.74, 6) is -0.577. The van der Waals surface area contributed by atoms with E-state index < -0.39 is 5.97 Å². The number of ether oxygens (including phenoxy) is 1. The molecule has 0 radical (unpaired) electrons. The van der Waals surface area contributed by atoms with Crippen molar-refractivity contribution in [2.75, 3.05) is 12.8 Å². The van der Waals surface area contributed by atoms with Gasteiger partial charge in [0.15, 0.2) is 0 Å². The van der Waals surface area contributed by atoms with Crippen molar-refractivity contribution in [1.82, 2.24) is 19.7 Å². The number of hydrogen-bond acceptors (Lipinski definition) is 6. The van der Waals surface area contributed by atoms with Crippen LogP contribution in [0.5, 0.6) is 0 Å². The van der Waals surface area contributed by atoms with Crippen LogP contribution in [0.4, 0.5) is 5.69 Å². The molecule has 7 heteroatoms. The molecule has 3 aromatic rings. The van der Waals surface area contributed by atoms with Gasteiger partial charge in [0.2, 0.25) is 0 Å². The number of esters is 1. The van der Waals surface area contributed by atoms with E-state index in [0.717, 1.165) is 22.3 Å². The van der Waals surface area contributed by atoms with Gasteiger partial charge in [-0.05, 0) is 31.2 Å². The summed E-state index contributed by atoms with van der Waals surface area (Å²) in [6, 6.07) is 7.31. The normalized spacial score (nSPS) is 10.8. The quantitative estimate of drug-likeness (QED) is 0.565. The summed E-state index contributed by atoms with van der Waals surface area (Å²) in [5.41, 5.74) is 8.85. The number of nitrogen functional groups attached to an aromatic ring is 1. The average molecular weight is 283 g/mol. The molecule has 0 spiro atoms. The number of nitrogens with two attached hydrogens (primary N) is 1. The lowest BCUT2D eigenvalue weighted by Gasteiger charge is -2.08. The van der Waals surface area contributed by atoms with Crippen LogP contribution in [-0.4, -0.2) is 32.8 Å². The summed E-state index contributed by atoms with van der Waals surface area (Å²) in [6.07, 6.45) is 1.46. The molecule has 0 amide bonds. The molecule has 0 aliphatic rings. The van der Waals surface area contributed by atoms with E-state index in [2.05, 4.69) is 19.8 Å². The number of aromatic nitrogens is 4. The summed E-state index contributed by atoms with van der Waals surface area (Å²) in [6.45, 7) is 1.89. The van der Waals surface area contributed by atoms with E-state index in [1.807, 2.05) is 25.1 Å². The topological polar surface area (TPSA) is 95.9 Å². The Morgan fingerprint density at radius 2 is 2.14 bits per heavy atom. The van der Waals surface area contributed by atoms with Crippen molar-refractivity contribution in [2.45, 2.75) is 6.92 Å². The Bertz CT molecular complexity index is 840. The molecular formula is C14H13N5O2. The van der Waals surface area contributed by atoms with Crippen LogP contribution in [0.15, 0.2) is 30.6 Å². The number of benzene rings is 1. The number of nitrogens with zero attached hydrogens (tertiary/aromatic N) is 4. The molecule has 7 nitrogen and oxygen atoms in total. The van der Waals surface area contributed by atoms with Crippen LogP contribution in [0.3, 0.4) is 0 Å². The molecule has 0 fully saturated rings. The van der Waals surface area contributed by atoms with Crippen molar-refractivity contribution < 1.29 is 9.53 Å². The first-order chi connectivity index (χ1) is 10.1. The van der Waals surface area contributed by atoms with E-state index in [9.17, 15) is 4.79 Å². The predicted octanol–water partition coefficient (Wildman–Crippen LogP) is 1.49. The first-order valence-corrected chi connectivity index (χ1v) is 6.25. The lowest BCUT2D eigenvalue weighted by Crippen LogP contribution is -2.05. The summed E-state index contributed by atoms with van der Waals surface area (Å²) < 4.78 is 6.12. The maximum Gasteiger partial charge on any atom is 0.377 e. The van der Waals surface area contributed by atoms with Crippen molar-refractivity contribution in [1.29, 1.82) is 0 Å². The zero-order valence-corrected chi connectivity index (χ0v) is 11.6. The fourth-order valence-corrected chi connectivity index (χ4v) is 2.11. The standard InChI is InChI=1S/C14H13N5O2/c1-8-5-12(10-6-9(15)3-4-11(10)17-8)19-7-16-13(18-19)14(20)21-2/h3-7H,15H2,1-2H3. The Hall–Kier alpha value is -2.96. The number of fused-ring (bicyclic) bond motifs is 1. The lowest BCUT2D eigenvalue weighted by molar-refractivity contribution is 0.0587. The van der Waals surface area contributed by atoms with Gasteiger partial charge in [-0.3, -0.25) is 4.98 Å². The number of aryl methyl sites for hydroxylation is 1. The van der Waals surface area contributed by atoms with E-state index >= 15 is 0 Å². The molecule has 0 atom stereocenters. The molecule has 106 valence electrons. The number of hydrogen-bond donors (Lipinski definition) is 1. The van der Waals surface area contributed by atoms with Gasteiger partial charge in [0.1, 0.15) is 6.33 Å². The molecule has 0 unspecified atom stereocenters. The van der Waals surface area contributed by atoms with Crippen LogP contribution in [0, 0.1) is 6.92 Å². The molecule has 0 aliphatic heterocycles. The molecule has 0 aliphatic carbocycles. The van der Waals surface area contributed by atoms with Crippen molar-refractivity contribution >= 4 is 22.6 Å². The number of anilines is 1. The number of carbonyl (C=O) groups excluding carboxylic acids is 1. The van der Waals surface area contributed by atoms with Crippen molar-refractivity contribution in [3.8, 4) is 5.69 Å². The average Bonchev–Trinajstić information content (AvgIpc) is 2.95. The van der Waals surface area contributed by atoms with Crippen LogP contribution < -0.4 is 5.73 Å². The number of methoxy groups -OCH3 is 1. The largest absolute Gasteiger partial charge is 0.463 e. The highest BCUT2D eigenvalue weighted by Crippen LogP contribution is 2.23. The summed E-state index contributed by atoms with van der Waals surface area (Å²) in [4.78, 5) is 19.9. The Labute approximate surface area is 120 Å². The maximum atomic E-state index is 11.4. The highest BCUT2D eigenvalue weighted by molar-refractivity contribution is 5.90. The van der Waals surface area contributed by atoms with Gasteiger partial charge in [0.25, 0.3) is 5.82 Å². The minimum atomic E-state index is -0.580. The third-order valence-corrected chi connectivity index (χ3v) is 3.05. The summed E-state index contributed by atoms with van der Waals surface area (Å²) in [5, 5.41) is 4.97. The first-order valence-electron chi connectivity index (χ1n) is 6.25. The molecule has 0 bridgehead atoms. The zero-order valence-electron chi connectivity index (χ0n) is 11.6. The second-order valence-corrected chi connectivity index (χ2v) is 4.56. The van der Waals surface area contributed by atoms with E-state index in [1.54, 1.807) is 6.07 Å². The van der Waals surface area contributed by atoms with E-state index in [4.69, 9.17) is 5.73 Å². The van der Waals surface area contributed by atoms with Gasteiger partial charge < -0.3 is 10.5 Å². The van der Waals surface area contributed by atoms with E-state index in [1.165, 1.54) is 18.1 Å². The molecular weight excluding hydrogens is 270 g/mol. The Balaban J connectivity index is 2.21. The number of carbonyl (C=O) groups is 1. The van der Waals surface area contributed by atoms with Gasteiger partial charge in [-0.1, -0.05) is 0 Å². The molecule has 2 aromatic heterocycles. The van der Waals surface area contributed by atoms with Crippen molar-refractivity contribution in [3.05, 3.63) is 42.1 Å². The third-order valence-electron chi connectivity index (χ3n) is 3.05. The number of pyridine rings is 1. The van der Waals surface area contributed by atoms with Crippen LogP contribution >= 0.6 is 0 Å². The summed E-state index contributed by atoms with van der Waals surface area (Å²) in [7, 11) is 1.29. The van der Waals surface area contributed by atoms with Crippen LogP contribution in [0.25, 0.3) is 16.6 Å². The van der Waals surface area contributed by atoms with Gasteiger partial charge in [0, 0.05) is 16.8 Å². The zero-order chi connectivity index (χ0) is 15.0. The minimum absolute atomic E-state index is 0.00372. The first kappa shape index (κ1) is 13.0. The molecule has 0 saturated heterocycles. The molecule has 2 N–H and O–H groups in total. The van der Waals surface area contributed by atoms with Crippen LogP contribution in [-0.2, 0) is 4.74 Å². The predicted molar refractivity (Wildman–Crippen MR) is 77.1 cm³/mol. The van der Waals surface area contributed by atoms with Crippen molar-refractivity contribution in [3.63, 3.8) is 0 Å². The maximum absolute atomic E-state index is 11.4. The van der Waals surface area contributed by atoms with E-state index in [-0.39, 0.29) is 5.82 Å². The fourth-order valence-electron chi connectivity index (χ4n) is 2.11. The minimum Gasteiger partial charge on any atom is -0.463 e. The Morgan fingerprint density at radius 3 is 2.90 bits per heavy atom. The smallest absolute Gasteiger partial charge is 0.377 e. The second kappa shape index (κ2) is 4.86. The monoisotopic (exact) mass is 283 g/mol. The lowest BCUT2D eigenvalue weighted by atomic mass is 10.1. The molecule has 3 rings (SSSR count). The van der Waals surface area contributed by atoms with Crippen molar-refractivity contribution in [2.24, 2.45) is 0 Å². The molecule has 1 aromatic carbocycles. The molecule has 0 saturated carbocycles. The Morgan fingerprint density at radius 1 is 1.33 bits per heavy atom. The molecule has 21 heavy (non-hydrogen) atoms. The van der Waals surface area contributed by atoms with Gasteiger partial charge in [-0.15, -0.1) is 5.10 Å². The molecule has 2 heterocycles. The van der Waals surface area contributed by atoms with Gasteiger partial charge in [0.05, 0.1) is 18.3 Å². The van der Waals surface area contributed by atoms with Gasteiger partial charge in [-0.25, -0.2) is 14.5 Å². The number of rotatable bonds is 2. The van der Waals surface area contributed by atoms with E-state index in [0.29, 0.717) is 5.69 Å². The van der Waals surface area contributed by atoms with Gasteiger partial charge >= 0.3 is 5.97 Å². The highest BCUT2D eigenvalue weighted by atomic mass is 16.5. The highest BCUT2D eigenvalue weighted by Gasteiger charge is 2.14. The van der Waals surface area contributed by atoms with Crippen LogP contribution in [0.1, 0.15) is 16.3 Å². The third kappa shape index (κ3) is 2.29. The fraction of sp³-hybridized carbons (Fsp3) is 0.143. The summed E-state index contributed by atoms with van der Waals surface area (Å²) >= 11 is 0.